The molecule has 0 aromatic carbocycles. The normalized spacial score (nSPS) is 18.1. The molecule has 1 fully saturated rings. The molecule has 140 valence electrons. The fraction of sp³-hybridized carbons (Fsp3) is 0.700. The van der Waals surface area contributed by atoms with Gasteiger partial charge in [-0.1, -0.05) is 6.07 Å². The van der Waals surface area contributed by atoms with Gasteiger partial charge in [0.2, 0.25) is 0 Å². The number of nitrogens with zero attached hydrogens (tertiary/aromatic N) is 3. The van der Waals surface area contributed by atoms with E-state index in [0.29, 0.717) is 12.1 Å². The second-order valence-electron chi connectivity index (χ2n) is 8.38. The Bertz CT molecular complexity index is 568. The van der Waals surface area contributed by atoms with Gasteiger partial charge in [0.1, 0.15) is 11.4 Å². The van der Waals surface area contributed by atoms with E-state index >= 15 is 0 Å². The lowest BCUT2D eigenvalue weighted by Crippen LogP contribution is -2.38. The van der Waals surface area contributed by atoms with Gasteiger partial charge in [-0.05, 0) is 72.9 Å². The number of aromatic nitrogens is 1. The molecule has 1 unspecified atom stereocenters. The molecule has 1 aromatic rings. The number of likely N-dealkylation sites (tertiary alicyclic amines) is 1. The second kappa shape index (κ2) is 7.63. The first-order valence-corrected chi connectivity index (χ1v) is 9.34. The van der Waals surface area contributed by atoms with Crippen LogP contribution in [0.5, 0.6) is 0 Å². The van der Waals surface area contributed by atoms with Crippen LogP contribution in [0, 0.1) is 0 Å². The van der Waals surface area contributed by atoms with E-state index in [4.69, 9.17) is 4.74 Å². The average molecular weight is 348 g/mol. The zero-order chi connectivity index (χ0) is 18.8. The van der Waals surface area contributed by atoms with Crippen molar-refractivity contribution in [3.05, 3.63) is 23.9 Å². The summed E-state index contributed by atoms with van der Waals surface area (Å²) in [5.41, 5.74) is 0.612. The second-order valence-corrected chi connectivity index (χ2v) is 8.38. The van der Waals surface area contributed by atoms with E-state index in [-0.39, 0.29) is 12.1 Å². The third kappa shape index (κ3) is 4.86. The minimum absolute atomic E-state index is 0.0583. The number of hydrogen-bond donors (Lipinski definition) is 0. The van der Waals surface area contributed by atoms with Gasteiger partial charge < -0.3 is 14.5 Å². The van der Waals surface area contributed by atoms with E-state index in [0.717, 1.165) is 30.8 Å². The monoisotopic (exact) mass is 347 g/mol. The summed E-state index contributed by atoms with van der Waals surface area (Å²) in [5.74, 6) is 0.982. The first-order valence-electron chi connectivity index (χ1n) is 9.34. The maximum Gasteiger partial charge on any atom is 0.410 e. The molecule has 0 radical (unpaired) electrons. The first kappa shape index (κ1) is 19.5. The van der Waals surface area contributed by atoms with Gasteiger partial charge in [-0.2, -0.15) is 0 Å². The number of ether oxygens (including phenoxy) is 1. The molecule has 0 bridgehead atoms. The number of carbonyl (C=O) groups excluding carboxylic acids is 1. The minimum atomic E-state index is -0.471. The van der Waals surface area contributed by atoms with Crippen LogP contribution in [0.15, 0.2) is 18.3 Å². The van der Waals surface area contributed by atoms with Gasteiger partial charge in [0.25, 0.3) is 0 Å². The maximum absolute atomic E-state index is 12.5. The number of hydrogen-bond acceptors (Lipinski definition) is 4. The topological polar surface area (TPSA) is 45.7 Å². The van der Waals surface area contributed by atoms with Crippen LogP contribution in [0.3, 0.4) is 0 Å². The smallest absolute Gasteiger partial charge is 0.410 e. The zero-order valence-electron chi connectivity index (χ0n) is 16.7. The quantitative estimate of drug-likeness (QED) is 0.786. The maximum atomic E-state index is 12.5. The Labute approximate surface area is 152 Å². The molecule has 0 N–H and O–H groups in total. The number of pyridine rings is 1. The Morgan fingerprint density at radius 2 is 1.88 bits per heavy atom. The van der Waals surface area contributed by atoms with Gasteiger partial charge in [0.15, 0.2) is 0 Å². The van der Waals surface area contributed by atoms with Crippen molar-refractivity contribution in [1.29, 1.82) is 0 Å². The Morgan fingerprint density at radius 3 is 2.36 bits per heavy atom. The van der Waals surface area contributed by atoms with E-state index in [2.05, 4.69) is 49.7 Å². The van der Waals surface area contributed by atoms with E-state index in [9.17, 15) is 4.79 Å². The molecule has 2 heterocycles. The Balaban J connectivity index is 2.16. The van der Waals surface area contributed by atoms with Gasteiger partial charge in [-0.3, -0.25) is 0 Å². The summed E-state index contributed by atoms with van der Waals surface area (Å²) in [6.07, 6.45) is 3.64. The molecule has 5 nitrogen and oxygen atoms in total. The summed E-state index contributed by atoms with van der Waals surface area (Å²) in [4.78, 5) is 21.3. The molecule has 1 atom stereocenters. The fourth-order valence-electron chi connectivity index (χ4n) is 3.53. The molecule has 2 rings (SSSR count). The van der Waals surface area contributed by atoms with Crippen molar-refractivity contribution in [2.24, 2.45) is 0 Å². The number of carbonyl (C=O) groups is 1. The molecule has 1 aliphatic heterocycles. The SMILES string of the molecule is CC(C)N(c1ccc(C2CCCN2C(=O)OC(C)(C)C)cn1)C(C)C. The number of rotatable bonds is 4. The van der Waals surface area contributed by atoms with Crippen molar-refractivity contribution in [3.8, 4) is 0 Å². The lowest BCUT2D eigenvalue weighted by molar-refractivity contribution is 0.0224. The lowest BCUT2D eigenvalue weighted by atomic mass is 10.1. The summed E-state index contributed by atoms with van der Waals surface area (Å²) in [5, 5.41) is 0. The minimum Gasteiger partial charge on any atom is -0.444 e. The van der Waals surface area contributed by atoms with Crippen molar-refractivity contribution < 1.29 is 9.53 Å². The highest BCUT2D eigenvalue weighted by molar-refractivity contribution is 5.69. The highest BCUT2D eigenvalue weighted by Crippen LogP contribution is 2.33. The summed E-state index contributed by atoms with van der Waals surface area (Å²) in [6, 6.07) is 5.02. The molecule has 1 saturated heterocycles. The molecule has 25 heavy (non-hydrogen) atoms. The van der Waals surface area contributed by atoms with E-state index in [1.807, 2.05) is 31.9 Å². The predicted octanol–water partition coefficient (Wildman–Crippen LogP) is 4.78. The zero-order valence-corrected chi connectivity index (χ0v) is 16.7. The van der Waals surface area contributed by atoms with Gasteiger partial charge in [0.05, 0.1) is 6.04 Å². The molecule has 1 aromatic heterocycles. The van der Waals surface area contributed by atoms with Gasteiger partial charge in [-0.15, -0.1) is 0 Å². The van der Waals surface area contributed by atoms with Crippen LogP contribution in [-0.2, 0) is 4.74 Å². The predicted molar refractivity (Wildman–Crippen MR) is 102 cm³/mol. The summed E-state index contributed by atoms with van der Waals surface area (Å²) < 4.78 is 5.56. The van der Waals surface area contributed by atoms with Crippen LogP contribution in [0.2, 0.25) is 0 Å². The Hall–Kier alpha value is -1.78. The fourth-order valence-corrected chi connectivity index (χ4v) is 3.53. The van der Waals surface area contributed by atoms with Crippen LogP contribution in [0.25, 0.3) is 0 Å². The molecular formula is C20H33N3O2. The number of anilines is 1. The van der Waals surface area contributed by atoms with Crippen LogP contribution in [-0.4, -0.2) is 40.2 Å². The molecule has 1 aliphatic rings. The van der Waals surface area contributed by atoms with Crippen LogP contribution >= 0.6 is 0 Å². The summed E-state index contributed by atoms with van der Waals surface area (Å²) in [7, 11) is 0. The molecule has 0 aliphatic carbocycles. The largest absolute Gasteiger partial charge is 0.444 e. The molecule has 1 amide bonds. The lowest BCUT2D eigenvalue weighted by Gasteiger charge is -2.32. The number of amides is 1. The van der Waals surface area contributed by atoms with Crippen molar-refractivity contribution in [1.82, 2.24) is 9.88 Å². The Kier molecular flexibility index (Phi) is 5.96. The molecule has 0 spiro atoms. The van der Waals surface area contributed by atoms with Gasteiger partial charge >= 0.3 is 6.09 Å². The molecule has 5 heteroatoms. The standard InChI is InChI=1S/C20H33N3O2/c1-14(2)23(15(3)4)18-11-10-16(13-21-18)17-9-8-12-22(17)19(24)25-20(5,6)7/h10-11,13-15,17H,8-9,12H2,1-7H3. The molecular weight excluding hydrogens is 314 g/mol. The highest BCUT2D eigenvalue weighted by atomic mass is 16.6. The third-order valence-corrected chi connectivity index (χ3v) is 4.41. The van der Waals surface area contributed by atoms with E-state index in [1.165, 1.54) is 0 Å². The van der Waals surface area contributed by atoms with Crippen LogP contribution < -0.4 is 4.90 Å². The van der Waals surface area contributed by atoms with Crippen molar-refractivity contribution in [2.45, 2.75) is 85.0 Å². The first-order chi connectivity index (χ1) is 11.6. The summed E-state index contributed by atoms with van der Waals surface area (Å²) in [6.45, 7) is 15.2. The Morgan fingerprint density at radius 1 is 1.24 bits per heavy atom. The van der Waals surface area contributed by atoms with E-state index in [1.54, 1.807) is 0 Å². The van der Waals surface area contributed by atoms with Crippen molar-refractivity contribution in [3.63, 3.8) is 0 Å². The molecule has 0 saturated carbocycles. The third-order valence-electron chi connectivity index (χ3n) is 4.41. The average Bonchev–Trinajstić information content (AvgIpc) is 2.95. The highest BCUT2D eigenvalue weighted by Gasteiger charge is 2.33. The van der Waals surface area contributed by atoms with Crippen LogP contribution in [0.4, 0.5) is 10.6 Å². The van der Waals surface area contributed by atoms with Crippen molar-refractivity contribution >= 4 is 11.9 Å². The van der Waals surface area contributed by atoms with E-state index < -0.39 is 5.60 Å². The van der Waals surface area contributed by atoms with Crippen LogP contribution in [0.1, 0.15) is 72.9 Å². The van der Waals surface area contributed by atoms with Gasteiger partial charge in [-0.25, -0.2) is 9.78 Å². The van der Waals surface area contributed by atoms with Crippen molar-refractivity contribution in [2.75, 3.05) is 11.4 Å². The summed E-state index contributed by atoms with van der Waals surface area (Å²) >= 11 is 0. The van der Waals surface area contributed by atoms with Gasteiger partial charge in [0, 0.05) is 24.8 Å².